The molecule has 0 saturated carbocycles. The highest BCUT2D eigenvalue weighted by atomic mass is 32.1. The topological polar surface area (TPSA) is 68.3 Å². The summed E-state index contributed by atoms with van der Waals surface area (Å²) in [5.41, 5.74) is 0.991. The first-order valence-corrected chi connectivity index (χ1v) is 7.17. The minimum absolute atomic E-state index is 0.278. The van der Waals surface area contributed by atoms with Crippen molar-refractivity contribution in [2.75, 3.05) is 11.9 Å². The number of anilines is 1. The molecular formula is C15H14N2O3S. The molecule has 1 amide bonds. The number of carbonyl (C=O) groups excluding carboxylic acids is 2. The van der Waals surface area contributed by atoms with Crippen LogP contribution in [0, 0.1) is 0 Å². The quantitative estimate of drug-likeness (QED) is 0.681. The van der Waals surface area contributed by atoms with Crippen LogP contribution in [0.4, 0.5) is 5.00 Å². The highest BCUT2D eigenvalue weighted by Gasteiger charge is 2.06. The fourth-order valence-corrected chi connectivity index (χ4v) is 2.37. The van der Waals surface area contributed by atoms with E-state index in [1.165, 1.54) is 11.3 Å². The first kappa shape index (κ1) is 14.9. The number of amides is 1. The van der Waals surface area contributed by atoms with Crippen LogP contribution in [-0.4, -0.2) is 23.5 Å². The smallest absolute Gasteiger partial charge is 0.330 e. The standard InChI is InChI=1S/C15H14N2O3S/c1-2-20-14(19)9-8-12(18)17-13-10-16-15(21-13)11-6-4-3-5-7-11/h3-10H,2H2,1H3,(H,17,18)/b9-8+. The molecule has 2 aromatic rings. The lowest BCUT2D eigenvalue weighted by Gasteiger charge is -1.97. The number of esters is 1. The van der Waals surface area contributed by atoms with Crippen molar-refractivity contribution in [2.24, 2.45) is 0 Å². The molecule has 6 heteroatoms. The summed E-state index contributed by atoms with van der Waals surface area (Å²) in [4.78, 5) is 27.0. The summed E-state index contributed by atoms with van der Waals surface area (Å²) in [5.74, 6) is -0.937. The molecule has 1 aromatic heterocycles. The third-order valence-corrected chi connectivity index (χ3v) is 3.39. The van der Waals surface area contributed by atoms with Gasteiger partial charge in [0, 0.05) is 17.7 Å². The summed E-state index contributed by atoms with van der Waals surface area (Å²) in [6, 6.07) is 9.68. The number of ether oxygens (including phenoxy) is 1. The van der Waals surface area contributed by atoms with Crippen molar-refractivity contribution in [3.63, 3.8) is 0 Å². The second-order valence-electron chi connectivity index (χ2n) is 3.97. The molecule has 0 fully saturated rings. The van der Waals surface area contributed by atoms with Crippen molar-refractivity contribution in [3.8, 4) is 10.6 Å². The number of nitrogens with zero attached hydrogens (tertiary/aromatic N) is 1. The van der Waals surface area contributed by atoms with Crippen LogP contribution >= 0.6 is 11.3 Å². The molecule has 0 spiro atoms. The van der Waals surface area contributed by atoms with E-state index in [-0.39, 0.29) is 6.61 Å². The number of hydrogen-bond donors (Lipinski definition) is 1. The largest absolute Gasteiger partial charge is 0.463 e. The summed E-state index contributed by atoms with van der Waals surface area (Å²) < 4.78 is 4.69. The Kier molecular flexibility index (Phi) is 5.22. The summed E-state index contributed by atoms with van der Waals surface area (Å²) >= 11 is 1.37. The zero-order chi connectivity index (χ0) is 15.1. The highest BCUT2D eigenvalue weighted by molar-refractivity contribution is 7.19. The van der Waals surface area contributed by atoms with E-state index in [1.807, 2.05) is 30.3 Å². The average molecular weight is 302 g/mol. The number of hydrogen-bond acceptors (Lipinski definition) is 5. The first-order chi connectivity index (χ1) is 10.2. The maximum absolute atomic E-state index is 11.6. The van der Waals surface area contributed by atoms with Gasteiger partial charge in [-0.05, 0) is 6.92 Å². The van der Waals surface area contributed by atoms with Gasteiger partial charge in [0.2, 0.25) is 5.91 Å². The second-order valence-corrected chi connectivity index (χ2v) is 5.00. The summed E-state index contributed by atoms with van der Waals surface area (Å²) in [6.07, 6.45) is 3.82. The summed E-state index contributed by atoms with van der Waals surface area (Å²) in [7, 11) is 0. The SMILES string of the molecule is CCOC(=O)/C=C/C(=O)Nc1cnc(-c2ccccc2)s1. The van der Waals surface area contributed by atoms with Crippen molar-refractivity contribution in [2.45, 2.75) is 6.92 Å². The fourth-order valence-electron chi connectivity index (χ4n) is 1.54. The van der Waals surface area contributed by atoms with Crippen LogP contribution in [0.25, 0.3) is 10.6 Å². The lowest BCUT2D eigenvalue weighted by atomic mass is 10.2. The van der Waals surface area contributed by atoms with Crippen molar-refractivity contribution >= 4 is 28.2 Å². The Labute approximate surface area is 126 Å². The molecule has 0 saturated heterocycles. The molecular weight excluding hydrogens is 288 g/mol. The second kappa shape index (κ2) is 7.35. The Morgan fingerprint density at radius 2 is 2.05 bits per heavy atom. The Morgan fingerprint density at radius 1 is 1.29 bits per heavy atom. The van der Waals surface area contributed by atoms with Gasteiger partial charge in [-0.3, -0.25) is 4.79 Å². The Balaban J connectivity index is 1.97. The zero-order valence-corrected chi connectivity index (χ0v) is 12.2. The molecule has 1 aromatic carbocycles. The minimum Gasteiger partial charge on any atom is -0.463 e. The third kappa shape index (κ3) is 4.54. The Hall–Kier alpha value is -2.47. The number of carbonyl (C=O) groups is 2. The van der Waals surface area contributed by atoms with Crippen LogP contribution in [0.5, 0.6) is 0 Å². The molecule has 0 radical (unpaired) electrons. The van der Waals surface area contributed by atoms with E-state index < -0.39 is 11.9 Å². The van der Waals surface area contributed by atoms with Gasteiger partial charge < -0.3 is 10.1 Å². The van der Waals surface area contributed by atoms with Crippen LogP contribution < -0.4 is 5.32 Å². The van der Waals surface area contributed by atoms with Crippen molar-refractivity contribution < 1.29 is 14.3 Å². The van der Waals surface area contributed by atoms with Crippen LogP contribution in [0.15, 0.2) is 48.7 Å². The molecule has 0 aliphatic carbocycles. The van der Waals surface area contributed by atoms with Crippen LogP contribution in [0.3, 0.4) is 0 Å². The lowest BCUT2D eigenvalue weighted by Crippen LogP contribution is -2.08. The number of aromatic nitrogens is 1. The third-order valence-electron chi connectivity index (χ3n) is 2.43. The predicted molar refractivity (Wildman–Crippen MR) is 82.0 cm³/mol. The van der Waals surface area contributed by atoms with E-state index in [0.717, 1.165) is 22.7 Å². The van der Waals surface area contributed by atoms with Crippen molar-refractivity contribution in [1.82, 2.24) is 4.98 Å². The number of benzene rings is 1. The molecule has 0 aliphatic heterocycles. The molecule has 108 valence electrons. The molecule has 0 aliphatic rings. The van der Waals surface area contributed by atoms with Gasteiger partial charge in [0.25, 0.3) is 0 Å². The normalized spacial score (nSPS) is 10.5. The van der Waals surface area contributed by atoms with Gasteiger partial charge in [0.05, 0.1) is 12.8 Å². The number of rotatable bonds is 5. The molecule has 1 N–H and O–H groups in total. The lowest BCUT2D eigenvalue weighted by molar-refractivity contribution is -0.137. The van der Waals surface area contributed by atoms with Gasteiger partial charge >= 0.3 is 5.97 Å². The summed E-state index contributed by atoms with van der Waals surface area (Å²) in [6.45, 7) is 1.98. The van der Waals surface area contributed by atoms with Gasteiger partial charge in [-0.15, -0.1) is 0 Å². The van der Waals surface area contributed by atoms with Crippen LogP contribution in [0.1, 0.15) is 6.92 Å². The highest BCUT2D eigenvalue weighted by Crippen LogP contribution is 2.27. The van der Waals surface area contributed by atoms with Gasteiger partial charge in [0.15, 0.2) is 0 Å². The van der Waals surface area contributed by atoms with E-state index in [9.17, 15) is 9.59 Å². The predicted octanol–water partition coefficient (Wildman–Crippen LogP) is 2.87. The molecule has 1 heterocycles. The first-order valence-electron chi connectivity index (χ1n) is 6.36. The van der Waals surface area contributed by atoms with Crippen molar-refractivity contribution in [1.29, 1.82) is 0 Å². The monoisotopic (exact) mass is 302 g/mol. The molecule has 5 nitrogen and oxygen atoms in total. The number of nitrogens with one attached hydrogen (secondary N) is 1. The van der Waals surface area contributed by atoms with Gasteiger partial charge in [-0.25, -0.2) is 9.78 Å². The fraction of sp³-hybridized carbons (Fsp3) is 0.133. The van der Waals surface area contributed by atoms with E-state index >= 15 is 0 Å². The molecule has 2 rings (SSSR count). The molecule has 21 heavy (non-hydrogen) atoms. The Morgan fingerprint density at radius 3 is 2.76 bits per heavy atom. The van der Waals surface area contributed by atoms with Gasteiger partial charge in [-0.1, -0.05) is 41.7 Å². The Bertz CT molecular complexity index is 650. The minimum atomic E-state index is -0.540. The van der Waals surface area contributed by atoms with E-state index in [0.29, 0.717) is 5.00 Å². The summed E-state index contributed by atoms with van der Waals surface area (Å²) in [5, 5.41) is 4.09. The molecule has 0 unspecified atom stereocenters. The molecule has 0 atom stereocenters. The number of thiazole rings is 1. The zero-order valence-electron chi connectivity index (χ0n) is 11.4. The maximum Gasteiger partial charge on any atom is 0.330 e. The van der Waals surface area contributed by atoms with Gasteiger partial charge in [0.1, 0.15) is 10.0 Å². The maximum atomic E-state index is 11.6. The van der Waals surface area contributed by atoms with E-state index in [4.69, 9.17) is 0 Å². The van der Waals surface area contributed by atoms with Crippen LogP contribution in [-0.2, 0) is 14.3 Å². The van der Waals surface area contributed by atoms with Gasteiger partial charge in [-0.2, -0.15) is 0 Å². The van der Waals surface area contributed by atoms with E-state index in [1.54, 1.807) is 13.1 Å². The average Bonchev–Trinajstić information content (AvgIpc) is 2.95. The molecule has 0 bridgehead atoms. The van der Waals surface area contributed by atoms with Crippen LogP contribution in [0.2, 0.25) is 0 Å². The van der Waals surface area contributed by atoms with E-state index in [2.05, 4.69) is 15.0 Å². The van der Waals surface area contributed by atoms with Crippen molar-refractivity contribution in [3.05, 3.63) is 48.7 Å².